The zero-order valence-corrected chi connectivity index (χ0v) is 5.37. The van der Waals surface area contributed by atoms with Gasteiger partial charge in [0.05, 0.1) is 0 Å². The maximum absolute atomic E-state index is 9.97. The van der Waals surface area contributed by atoms with Crippen LogP contribution in [0.15, 0.2) is 0 Å². The highest BCUT2D eigenvalue weighted by Gasteiger charge is 1.97. The number of aromatic nitrogens is 2. The Morgan fingerprint density at radius 2 is 2.50 bits per heavy atom. The van der Waals surface area contributed by atoms with Gasteiger partial charge in [-0.25, -0.2) is 10.1 Å². The zero-order valence-electron chi connectivity index (χ0n) is 3.80. The van der Waals surface area contributed by atoms with Crippen LogP contribution in [0.3, 0.4) is 0 Å². The van der Waals surface area contributed by atoms with E-state index in [1.165, 1.54) is 0 Å². The molecule has 5 heteroatoms. The van der Waals surface area contributed by atoms with Crippen LogP contribution in [0.1, 0.15) is 5.82 Å². The molecule has 0 saturated heterocycles. The Labute approximate surface area is 55.1 Å². The van der Waals surface area contributed by atoms with Crippen LogP contribution in [-0.2, 0) is 11.7 Å². The van der Waals surface area contributed by atoms with Crippen molar-refractivity contribution in [3.63, 3.8) is 0 Å². The van der Waals surface area contributed by atoms with Gasteiger partial charge in [-0.05, 0) is 23.1 Å². The molecule has 0 spiro atoms. The van der Waals surface area contributed by atoms with Crippen LogP contribution in [0.25, 0.3) is 0 Å². The molecule has 1 rings (SSSR count). The lowest BCUT2D eigenvalue weighted by Crippen LogP contribution is -1.81. The van der Waals surface area contributed by atoms with Gasteiger partial charge in [0.15, 0.2) is 5.82 Å². The van der Waals surface area contributed by atoms with E-state index in [1.54, 1.807) is 0 Å². The van der Waals surface area contributed by atoms with Crippen molar-refractivity contribution < 1.29 is 5.11 Å². The van der Waals surface area contributed by atoms with Crippen molar-refractivity contribution in [2.24, 2.45) is 0 Å². The van der Waals surface area contributed by atoms with Gasteiger partial charge in [0, 0.05) is 0 Å². The van der Waals surface area contributed by atoms with E-state index in [-0.39, 0.29) is 12.4 Å². The van der Waals surface area contributed by atoms with Crippen molar-refractivity contribution in [3.8, 4) is 0 Å². The van der Waals surface area contributed by atoms with E-state index in [9.17, 15) is 5.11 Å². The fraction of sp³-hybridized carbons (Fsp3) is 0.333. The van der Waals surface area contributed by atoms with Crippen LogP contribution in [0, 0.1) is 0 Å². The van der Waals surface area contributed by atoms with E-state index < -0.39 is 0 Å². The monoisotopic (exact) mass is 149 g/mol. The molecule has 0 unspecified atom stereocenters. The lowest BCUT2D eigenvalue weighted by Gasteiger charge is -1.73. The van der Waals surface area contributed by atoms with E-state index in [0.29, 0.717) is 4.47 Å². The van der Waals surface area contributed by atoms with Crippen LogP contribution < -0.4 is 0 Å². The first-order valence-corrected chi connectivity index (χ1v) is 3.04. The Kier molecular flexibility index (Phi) is 1.77. The third kappa shape index (κ3) is 1.15. The number of hydrogen-bond donors (Lipinski definition) is 0. The summed E-state index contributed by atoms with van der Waals surface area (Å²) in [5, 5.41) is 9.97. The van der Waals surface area contributed by atoms with Crippen molar-refractivity contribution in [2.75, 3.05) is 0 Å². The maximum atomic E-state index is 9.97. The zero-order chi connectivity index (χ0) is 5.98. The molecular formula is C3H2ClN2OS. The standard InChI is InChI=1S/C3H2ClN2OS/c4-3-5-2(1-7)6-8-3/h1H2. The second-order valence-electron chi connectivity index (χ2n) is 1.11. The maximum Gasteiger partial charge on any atom is 0.203 e. The van der Waals surface area contributed by atoms with Crippen LogP contribution in [-0.4, -0.2) is 9.36 Å². The van der Waals surface area contributed by atoms with E-state index in [4.69, 9.17) is 11.6 Å². The minimum absolute atomic E-state index is 0.278. The molecule has 1 aromatic rings. The van der Waals surface area contributed by atoms with Gasteiger partial charge in [0.2, 0.25) is 4.47 Å². The predicted molar refractivity (Wildman–Crippen MR) is 29.3 cm³/mol. The largest absolute Gasteiger partial charge is 0.228 e. The second kappa shape index (κ2) is 2.39. The van der Waals surface area contributed by atoms with Gasteiger partial charge in [-0.1, -0.05) is 0 Å². The predicted octanol–water partition coefficient (Wildman–Crippen LogP) is 1.12. The molecule has 1 heterocycles. The molecule has 0 atom stereocenters. The first kappa shape index (κ1) is 5.94. The Morgan fingerprint density at radius 3 is 2.75 bits per heavy atom. The summed E-state index contributed by atoms with van der Waals surface area (Å²) in [4.78, 5) is 3.59. The molecule has 0 saturated carbocycles. The third-order valence-corrected chi connectivity index (χ3v) is 1.41. The molecule has 0 aliphatic rings. The highest BCUT2D eigenvalue weighted by molar-refractivity contribution is 7.10. The summed E-state index contributed by atoms with van der Waals surface area (Å²) >= 11 is 6.38. The van der Waals surface area contributed by atoms with Crippen LogP contribution >= 0.6 is 23.1 Å². The van der Waals surface area contributed by atoms with Crippen LogP contribution in [0.2, 0.25) is 4.47 Å². The summed E-state index contributed by atoms with van der Waals surface area (Å²) in [5.41, 5.74) is 0. The molecule has 1 radical (unpaired) electrons. The number of hydrogen-bond acceptors (Lipinski definition) is 3. The highest BCUT2D eigenvalue weighted by atomic mass is 35.5. The average Bonchev–Trinajstić information content (AvgIpc) is 2.14. The fourth-order valence-electron chi connectivity index (χ4n) is 0.291. The van der Waals surface area contributed by atoms with Gasteiger partial charge in [0.25, 0.3) is 0 Å². The van der Waals surface area contributed by atoms with E-state index in [1.807, 2.05) is 0 Å². The van der Waals surface area contributed by atoms with Crippen molar-refractivity contribution in [1.82, 2.24) is 9.36 Å². The first-order valence-electron chi connectivity index (χ1n) is 1.89. The van der Waals surface area contributed by atoms with Crippen molar-refractivity contribution in [3.05, 3.63) is 10.3 Å². The highest BCUT2D eigenvalue weighted by Crippen LogP contribution is 2.09. The van der Waals surface area contributed by atoms with E-state index >= 15 is 0 Å². The van der Waals surface area contributed by atoms with Crippen LogP contribution in [0.5, 0.6) is 0 Å². The average molecular weight is 150 g/mol. The molecule has 0 aliphatic carbocycles. The molecule has 43 valence electrons. The summed E-state index contributed by atoms with van der Waals surface area (Å²) in [6, 6.07) is 0. The first-order chi connectivity index (χ1) is 3.83. The van der Waals surface area contributed by atoms with Gasteiger partial charge >= 0.3 is 0 Å². The molecule has 1 aromatic heterocycles. The van der Waals surface area contributed by atoms with E-state index in [0.717, 1.165) is 11.5 Å². The molecular weight excluding hydrogens is 148 g/mol. The SMILES string of the molecule is [O]Cc1nsc(Cl)n1. The summed E-state index contributed by atoms with van der Waals surface area (Å²) in [7, 11) is 0. The Balaban J connectivity index is 2.84. The lowest BCUT2D eigenvalue weighted by atomic mass is 10.7. The molecule has 0 aromatic carbocycles. The smallest absolute Gasteiger partial charge is 0.203 e. The van der Waals surface area contributed by atoms with E-state index in [2.05, 4.69) is 9.36 Å². The van der Waals surface area contributed by atoms with Crippen molar-refractivity contribution in [2.45, 2.75) is 6.61 Å². The molecule has 3 nitrogen and oxygen atoms in total. The minimum Gasteiger partial charge on any atom is -0.228 e. The van der Waals surface area contributed by atoms with Gasteiger partial charge < -0.3 is 0 Å². The molecule has 0 N–H and O–H groups in total. The normalized spacial score (nSPS) is 9.75. The second-order valence-corrected chi connectivity index (χ2v) is 2.44. The fourth-order valence-corrected chi connectivity index (χ4v) is 0.913. The topological polar surface area (TPSA) is 45.7 Å². The molecule has 0 amide bonds. The van der Waals surface area contributed by atoms with Crippen LogP contribution in [0.4, 0.5) is 0 Å². The van der Waals surface area contributed by atoms with Crippen molar-refractivity contribution in [1.29, 1.82) is 0 Å². The molecule has 0 fully saturated rings. The third-order valence-electron chi connectivity index (χ3n) is 0.572. The van der Waals surface area contributed by atoms with Gasteiger partial charge in [-0.2, -0.15) is 4.37 Å². The number of halogens is 1. The molecule has 8 heavy (non-hydrogen) atoms. The molecule has 0 aliphatic heterocycles. The summed E-state index contributed by atoms with van der Waals surface area (Å²) in [5.74, 6) is 0.278. The summed E-state index contributed by atoms with van der Waals surface area (Å²) in [6.45, 7) is -0.386. The molecule has 0 bridgehead atoms. The number of nitrogens with zero attached hydrogens (tertiary/aromatic N) is 2. The minimum atomic E-state index is -0.386. The van der Waals surface area contributed by atoms with Crippen molar-refractivity contribution >= 4 is 23.1 Å². The lowest BCUT2D eigenvalue weighted by molar-refractivity contribution is 0.171. The number of rotatable bonds is 1. The quantitative estimate of drug-likeness (QED) is 0.601. The Morgan fingerprint density at radius 1 is 1.75 bits per heavy atom. The van der Waals surface area contributed by atoms with Gasteiger partial charge in [-0.15, -0.1) is 0 Å². The summed E-state index contributed by atoms with van der Waals surface area (Å²) in [6.07, 6.45) is 0. The van der Waals surface area contributed by atoms with Gasteiger partial charge in [0.1, 0.15) is 6.61 Å². The Hall–Kier alpha value is -0.190. The summed E-state index contributed by atoms with van der Waals surface area (Å²) < 4.78 is 3.95. The van der Waals surface area contributed by atoms with Gasteiger partial charge in [-0.3, -0.25) is 0 Å². The Bertz CT molecular complexity index is 178.